The van der Waals surface area contributed by atoms with Crippen molar-refractivity contribution in [1.82, 2.24) is 15.3 Å². The van der Waals surface area contributed by atoms with Gasteiger partial charge in [0.15, 0.2) is 0 Å². The summed E-state index contributed by atoms with van der Waals surface area (Å²) in [4.78, 5) is 29.2. The second-order valence-corrected chi connectivity index (χ2v) is 5.38. The second kappa shape index (κ2) is 6.50. The summed E-state index contributed by atoms with van der Waals surface area (Å²) in [5.41, 5.74) is -0.125. The van der Waals surface area contributed by atoms with Crippen LogP contribution in [0.2, 0.25) is 0 Å². The highest BCUT2D eigenvalue weighted by Gasteiger charge is 2.20. The number of hydrogen-bond acceptors (Lipinski definition) is 3. The molecule has 5 heteroatoms. The number of carbonyl (C=O) groups excluding carboxylic acids is 1. The smallest absolute Gasteiger partial charge is 0.270 e. The van der Waals surface area contributed by atoms with E-state index < -0.39 is 0 Å². The Labute approximate surface area is 112 Å². The minimum Gasteiger partial charge on any atom is -0.350 e. The Morgan fingerprint density at radius 2 is 2.21 bits per heavy atom. The molecule has 0 bridgehead atoms. The normalized spacial score (nSPS) is 17.9. The lowest BCUT2D eigenvalue weighted by Crippen LogP contribution is -2.33. The molecule has 0 aromatic carbocycles. The number of nitrogens with zero attached hydrogens (tertiary/aromatic N) is 1. The third-order valence-electron chi connectivity index (χ3n) is 3.95. The Morgan fingerprint density at radius 3 is 2.89 bits per heavy atom. The summed E-state index contributed by atoms with van der Waals surface area (Å²) in [6.45, 7) is 2.83. The molecule has 104 valence electrons. The van der Waals surface area contributed by atoms with Crippen LogP contribution in [-0.2, 0) is 0 Å². The second-order valence-electron chi connectivity index (χ2n) is 5.38. The van der Waals surface area contributed by atoms with E-state index in [-0.39, 0.29) is 17.2 Å². The molecule has 1 heterocycles. The van der Waals surface area contributed by atoms with Gasteiger partial charge < -0.3 is 10.3 Å². The Kier molecular flexibility index (Phi) is 4.71. The lowest BCUT2D eigenvalue weighted by molar-refractivity contribution is 0.0935. The van der Waals surface area contributed by atoms with Crippen molar-refractivity contribution < 1.29 is 4.79 Å². The molecule has 1 atom stereocenters. The first-order valence-electron chi connectivity index (χ1n) is 7.00. The maximum absolute atomic E-state index is 11.9. The summed E-state index contributed by atoms with van der Waals surface area (Å²) in [5, 5.41) is 2.87. The van der Waals surface area contributed by atoms with E-state index in [4.69, 9.17) is 0 Å². The number of carbonyl (C=O) groups is 1. The van der Waals surface area contributed by atoms with E-state index in [2.05, 4.69) is 22.2 Å². The van der Waals surface area contributed by atoms with E-state index in [1.807, 2.05) is 0 Å². The van der Waals surface area contributed by atoms with Crippen LogP contribution in [0.3, 0.4) is 0 Å². The van der Waals surface area contributed by atoms with Crippen molar-refractivity contribution in [2.75, 3.05) is 6.54 Å². The van der Waals surface area contributed by atoms with Crippen LogP contribution < -0.4 is 10.9 Å². The van der Waals surface area contributed by atoms with Crippen LogP contribution in [0.25, 0.3) is 0 Å². The van der Waals surface area contributed by atoms with E-state index >= 15 is 0 Å². The maximum atomic E-state index is 11.9. The Balaban J connectivity index is 1.84. The molecule has 1 unspecified atom stereocenters. The highest BCUT2D eigenvalue weighted by Crippen LogP contribution is 2.29. The molecule has 1 aromatic rings. The number of rotatable bonds is 4. The molecule has 5 nitrogen and oxygen atoms in total. The zero-order chi connectivity index (χ0) is 13.7. The first kappa shape index (κ1) is 13.8. The van der Waals surface area contributed by atoms with E-state index in [0.717, 1.165) is 0 Å². The van der Waals surface area contributed by atoms with Gasteiger partial charge in [0.25, 0.3) is 11.5 Å². The van der Waals surface area contributed by atoms with Gasteiger partial charge in [0.05, 0.1) is 6.33 Å². The summed E-state index contributed by atoms with van der Waals surface area (Å²) in [7, 11) is 0. The zero-order valence-electron chi connectivity index (χ0n) is 11.3. The monoisotopic (exact) mass is 263 g/mol. The van der Waals surface area contributed by atoms with Gasteiger partial charge in [-0.1, -0.05) is 39.0 Å². The molecule has 0 radical (unpaired) electrons. The summed E-state index contributed by atoms with van der Waals surface area (Å²) in [6, 6.07) is 1.22. The van der Waals surface area contributed by atoms with Crippen molar-refractivity contribution in [3.63, 3.8) is 0 Å². The fourth-order valence-corrected chi connectivity index (χ4v) is 2.71. The zero-order valence-corrected chi connectivity index (χ0v) is 11.3. The molecule has 1 aliphatic carbocycles. The first-order valence-corrected chi connectivity index (χ1v) is 7.00. The van der Waals surface area contributed by atoms with Crippen molar-refractivity contribution in [2.24, 2.45) is 11.8 Å². The van der Waals surface area contributed by atoms with Gasteiger partial charge in [-0.3, -0.25) is 9.59 Å². The van der Waals surface area contributed by atoms with Crippen LogP contribution in [0.5, 0.6) is 0 Å². The first-order chi connectivity index (χ1) is 9.16. The van der Waals surface area contributed by atoms with Crippen molar-refractivity contribution in [3.05, 3.63) is 28.4 Å². The summed E-state index contributed by atoms with van der Waals surface area (Å²) in [6.07, 6.45) is 7.73. The summed E-state index contributed by atoms with van der Waals surface area (Å²) < 4.78 is 0. The van der Waals surface area contributed by atoms with Gasteiger partial charge in [0.2, 0.25) is 0 Å². The summed E-state index contributed by atoms with van der Waals surface area (Å²) >= 11 is 0. The lowest BCUT2D eigenvalue weighted by atomic mass is 9.81. The Bertz CT molecular complexity index is 478. The quantitative estimate of drug-likeness (QED) is 0.868. The fourth-order valence-electron chi connectivity index (χ4n) is 2.71. The molecule has 1 saturated carbocycles. The van der Waals surface area contributed by atoms with Crippen LogP contribution in [0.4, 0.5) is 0 Å². The van der Waals surface area contributed by atoms with Crippen LogP contribution in [0.1, 0.15) is 49.5 Å². The molecule has 1 fully saturated rings. The molecule has 1 amide bonds. The molecule has 1 aromatic heterocycles. The average Bonchev–Trinajstić information content (AvgIpc) is 2.45. The third-order valence-corrected chi connectivity index (χ3v) is 3.95. The van der Waals surface area contributed by atoms with Gasteiger partial charge in [0, 0.05) is 12.6 Å². The van der Waals surface area contributed by atoms with Crippen molar-refractivity contribution in [1.29, 1.82) is 0 Å². The van der Waals surface area contributed by atoms with Gasteiger partial charge in [0.1, 0.15) is 5.69 Å². The number of aromatic nitrogens is 2. The maximum Gasteiger partial charge on any atom is 0.270 e. The minimum atomic E-state index is -0.305. The molecule has 0 saturated heterocycles. The molecular formula is C14H21N3O2. The van der Waals surface area contributed by atoms with Gasteiger partial charge >= 0.3 is 0 Å². The van der Waals surface area contributed by atoms with Crippen molar-refractivity contribution >= 4 is 5.91 Å². The highest BCUT2D eigenvalue weighted by atomic mass is 16.2. The standard InChI is InChI=1S/C14H21N3O2/c1-10(11-5-3-2-4-6-11)8-15-14(19)12-7-13(18)17-9-16-12/h7,9-11H,2-6,8H2,1H3,(H,15,19)(H,16,17,18). The molecule has 2 N–H and O–H groups in total. The van der Waals surface area contributed by atoms with Crippen LogP contribution in [-0.4, -0.2) is 22.4 Å². The van der Waals surface area contributed by atoms with E-state index in [9.17, 15) is 9.59 Å². The summed E-state index contributed by atoms with van der Waals surface area (Å²) in [5.74, 6) is 0.918. The van der Waals surface area contributed by atoms with Crippen molar-refractivity contribution in [2.45, 2.75) is 39.0 Å². The predicted octanol–water partition coefficient (Wildman–Crippen LogP) is 1.72. The lowest BCUT2D eigenvalue weighted by Gasteiger charge is -2.27. The number of H-pyrrole nitrogens is 1. The molecular weight excluding hydrogens is 242 g/mol. The van der Waals surface area contributed by atoms with E-state index in [1.54, 1.807) is 0 Å². The number of aromatic amines is 1. The van der Waals surface area contributed by atoms with E-state index in [1.165, 1.54) is 44.5 Å². The Hall–Kier alpha value is -1.65. The molecule has 0 spiro atoms. The molecule has 2 rings (SSSR count). The largest absolute Gasteiger partial charge is 0.350 e. The molecule has 19 heavy (non-hydrogen) atoms. The number of amides is 1. The number of nitrogens with one attached hydrogen (secondary N) is 2. The Morgan fingerprint density at radius 1 is 1.47 bits per heavy atom. The number of hydrogen-bond donors (Lipinski definition) is 2. The van der Waals surface area contributed by atoms with Crippen LogP contribution in [0.15, 0.2) is 17.2 Å². The average molecular weight is 263 g/mol. The van der Waals surface area contributed by atoms with Gasteiger partial charge in [-0.05, 0) is 11.8 Å². The minimum absolute atomic E-state index is 0.180. The van der Waals surface area contributed by atoms with Gasteiger partial charge in [-0.25, -0.2) is 4.98 Å². The predicted molar refractivity (Wildman–Crippen MR) is 72.9 cm³/mol. The fraction of sp³-hybridized carbons (Fsp3) is 0.643. The topological polar surface area (TPSA) is 74.8 Å². The van der Waals surface area contributed by atoms with Gasteiger partial charge in [-0.15, -0.1) is 0 Å². The highest BCUT2D eigenvalue weighted by molar-refractivity contribution is 5.91. The molecule has 0 aliphatic heterocycles. The van der Waals surface area contributed by atoms with Gasteiger partial charge in [-0.2, -0.15) is 0 Å². The SMILES string of the molecule is CC(CNC(=O)c1cc(=O)[nH]cn1)C1CCCCC1. The van der Waals surface area contributed by atoms with Crippen LogP contribution >= 0.6 is 0 Å². The van der Waals surface area contributed by atoms with E-state index in [0.29, 0.717) is 18.4 Å². The van der Waals surface area contributed by atoms with Crippen LogP contribution in [0, 0.1) is 11.8 Å². The third kappa shape index (κ3) is 3.91. The van der Waals surface area contributed by atoms with Crippen molar-refractivity contribution in [3.8, 4) is 0 Å². The molecule has 1 aliphatic rings.